The topological polar surface area (TPSA) is 188 Å². The van der Waals surface area contributed by atoms with Crippen molar-refractivity contribution in [1.29, 1.82) is 0 Å². The maximum Gasteiger partial charge on any atom is 0.466 e. The molecule has 9 heteroatoms. The molecule has 80 valence electrons. The van der Waals surface area contributed by atoms with Gasteiger partial charge < -0.3 is 37.2 Å². The third-order valence-electron chi connectivity index (χ3n) is 0.264. The molecule has 0 aromatic heterocycles. The van der Waals surface area contributed by atoms with E-state index in [1.54, 1.807) is 0 Å². The highest BCUT2D eigenvalue weighted by Gasteiger charge is 2.00. The fraction of sp³-hybridized carbons (Fsp3) is 1.00. The van der Waals surface area contributed by atoms with Crippen molar-refractivity contribution in [1.82, 2.24) is 12.3 Å². The molecule has 0 aliphatic carbocycles. The van der Waals surface area contributed by atoms with Crippen LogP contribution in [0.2, 0.25) is 0 Å². The van der Waals surface area contributed by atoms with Gasteiger partial charge in [-0.1, -0.05) is 0 Å². The summed E-state index contributed by atoms with van der Waals surface area (Å²) >= 11 is 0. The van der Waals surface area contributed by atoms with Crippen LogP contribution in [0.4, 0.5) is 0 Å². The number of hydrogen-bond donors (Lipinski definition) is 7. The van der Waals surface area contributed by atoms with Gasteiger partial charge in [0.1, 0.15) is 0 Å². The van der Waals surface area contributed by atoms with E-state index in [2.05, 4.69) is 0 Å². The Hall–Kier alpha value is -0.0500. The van der Waals surface area contributed by atoms with Gasteiger partial charge in [0.05, 0.1) is 12.7 Å². The Morgan fingerprint density at radius 2 is 1.33 bits per heavy atom. The maximum atomic E-state index is 8.88. The fourth-order valence-electron chi connectivity index (χ4n) is 0. The Balaban J connectivity index is -0.0000000457. The molecular weight excluding hydrogens is 191 g/mol. The van der Waals surface area contributed by atoms with Gasteiger partial charge in [0.15, 0.2) is 0 Å². The van der Waals surface area contributed by atoms with Gasteiger partial charge in [0.2, 0.25) is 0 Å². The lowest BCUT2D eigenvalue weighted by atomic mass is 10.5. The van der Waals surface area contributed by atoms with Crippen LogP contribution in [0.5, 0.6) is 0 Å². The first-order chi connectivity index (χ1) is 4.27. The molecule has 8 nitrogen and oxygen atoms in total. The summed E-state index contributed by atoms with van der Waals surface area (Å²) in [7, 11) is -4.64. The van der Waals surface area contributed by atoms with Crippen LogP contribution in [0.1, 0.15) is 6.92 Å². The average molecular weight is 208 g/mol. The van der Waals surface area contributed by atoms with Crippen molar-refractivity contribution >= 4 is 7.82 Å². The molecule has 0 spiro atoms. The van der Waals surface area contributed by atoms with Crippen molar-refractivity contribution < 1.29 is 29.5 Å². The predicted molar refractivity (Wildman–Crippen MR) is 43.1 cm³/mol. The molecule has 0 rings (SSSR count). The van der Waals surface area contributed by atoms with Crippen molar-refractivity contribution in [3.63, 3.8) is 0 Å². The summed E-state index contributed by atoms with van der Waals surface area (Å²) in [6.07, 6.45) is -0.560. The smallest absolute Gasteiger partial charge is 0.394 e. The molecule has 0 heterocycles. The summed E-state index contributed by atoms with van der Waals surface area (Å²) in [5.74, 6) is 0. The highest BCUT2D eigenvalue weighted by molar-refractivity contribution is 7.45. The summed E-state index contributed by atoms with van der Waals surface area (Å²) in [5.41, 5.74) is 0. The second kappa shape index (κ2) is 11.0. The van der Waals surface area contributed by atoms with E-state index in [4.69, 9.17) is 29.5 Å². The average Bonchev–Trinajstić information content (AvgIpc) is 1.61. The Morgan fingerprint density at radius 3 is 1.33 bits per heavy atom. The van der Waals surface area contributed by atoms with Gasteiger partial charge in [0.25, 0.3) is 0 Å². The lowest BCUT2D eigenvalue weighted by Gasteiger charge is -1.90. The zero-order valence-corrected chi connectivity index (χ0v) is 7.68. The first kappa shape index (κ1) is 22.7. The highest BCUT2D eigenvalue weighted by Crippen LogP contribution is 2.25. The van der Waals surface area contributed by atoms with Gasteiger partial charge in [-0.05, 0) is 6.92 Å². The van der Waals surface area contributed by atoms with E-state index in [9.17, 15) is 0 Å². The van der Waals surface area contributed by atoms with Crippen LogP contribution in [0, 0.1) is 0 Å². The molecule has 0 bridgehead atoms. The third-order valence-corrected chi connectivity index (χ3v) is 0.264. The van der Waals surface area contributed by atoms with E-state index in [-0.39, 0.29) is 18.9 Å². The summed E-state index contributed by atoms with van der Waals surface area (Å²) < 4.78 is 8.88. The van der Waals surface area contributed by atoms with Gasteiger partial charge >= 0.3 is 7.82 Å². The normalized spacial score (nSPS) is 11.2. The van der Waals surface area contributed by atoms with Crippen LogP contribution in [0.15, 0.2) is 0 Å². The number of rotatable bonds is 1. The predicted octanol–water partition coefficient (Wildman–Crippen LogP) is -1.25. The van der Waals surface area contributed by atoms with Crippen molar-refractivity contribution in [3.8, 4) is 0 Å². The Morgan fingerprint density at radius 1 is 1.25 bits per heavy atom. The van der Waals surface area contributed by atoms with Gasteiger partial charge in [0, 0.05) is 0 Å². The zero-order chi connectivity index (χ0) is 8.78. The minimum absolute atomic E-state index is 0. The zero-order valence-electron chi connectivity index (χ0n) is 6.79. The second-order valence-electron chi connectivity index (χ2n) is 1.54. The second-order valence-corrected chi connectivity index (χ2v) is 2.57. The largest absolute Gasteiger partial charge is 0.466 e. The lowest BCUT2D eigenvalue weighted by molar-refractivity contribution is 0.110. The molecule has 1 atom stereocenters. The standard InChI is InChI=1S/C3H8O2.2H3N.H3O4P/c1-3(5)2-4;;;1-5(2,3)4/h3-5H,2H2,1H3;2*1H3;(H3,1,2,3,4). The molecule has 0 saturated carbocycles. The van der Waals surface area contributed by atoms with Crippen LogP contribution in [0.3, 0.4) is 0 Å². The minimum Gasteiger partial charge on any atom is -0.394 e. The van der Waals surface area contributed by atoms with Crippen LogP contribution >= 0.6 is 7.82 Å². The quantitative estimate of drug-likeness (QED) is 0.260. The summed E-state index contributed by atoms with van der Waals surface area (Å²) in [6, 6.07) is 0. The number of phosphoric acid groups is 1. The highest BCUT2D eigenvalue weighted by atomic mass is 31.2. The molecule has 11 N–H and O–H groups in total. The van der Waals surface area contributed by atoms with E-state index in [1.807, 2.05) is 0 Å². The van der Waals surface area contributed by atoms with Crippen LogP contribution < -0.4 is 12.3 Å². The van der Waals surface area contributed by atoms with Crippen molar-refractivity contribution in [2.24, 2.45) is 0 Å². The van der Waals surface area contributed by atoms with E-state index >= 15 is 0 Å². The monoisotopic (exact) mass is 208 g/mol. The third kappa shape index (κ3) is 210. The van der Waals surface area contributed by atoms with Crippen LogP contribution in [-0.2, 0) is 4.57 Å². The molecule has 12 heavy (non-hydrogen) atoms. The number of hydrogen-bond acceptors (Lipinski definition) is 5. The molecule has 1 unspecified atom stereocenters. The first-order valence-corrected chi connectivity index (χ1v) is 3.91. The molecule has 0 aliphatic heterocycles. The molecule has 0 aromatic carbocycles. The molecular formula is C3H17N2O6P. The Bertz CT molecular complexity index is 105. The number of aliphatic hydroxyl groups is 2. The molecule has 0 fully saturated rings. The minimum atomic E-state index is -4.64. The molecule has 0 aliphatic rings. The van der Waals surface area contributed by atoms with E-state index in [0.29, 0.717) is 0 Å². The Kier molecular flexibility index (Phi) is 20.7. The van der Waals surface area contributed by atoms with E-state index < -0.39 is 13.9 Å². The van der Waals surface area contributed by atoms with Gasteiger partial charge in [-0.2, -0.15) is 0 Å². The van der Waals surface area contributed by atoms with Gasteiger partial charge in [-0.15, -0.1) is 0 Å². The molecule has 0 aromatic rings. The summed E-state index contributed by atoms with van der Waals surface area (Å²) in [4.78, 5) is 21.6. The molecule has 0 amide bonds. The van der Waals surface area contributed by atoms with E-state index in [1.165, 1.54) is 6.92 Å². The van der Waals surface area contributed by atoms with Crippen molar-refractivity contribution in [2.75, 3.05) is 6.61 Å². The van der Waals surface area contributed by atoms with Crippen LogP contribution in [-0.4, -0.2) is 37.6 Å². The maximum absolute atomic E-state index is 8.88. The molecule has 0 radical (unpaired) electrons. The first-order valence-electron chi connectivity index (χ1n) is 2.34. The van der Waals surface area contributed by atoms with E-state index in [0.717, 1.165) is 0 Å². The van der Waals surface area contributed by atoms with Gasteiger partial charge in [-0.3, -0.25) is 0 Å². The van der Waals surface area contributed by atoms with Crippen LogP contribution in [0.25, 0.3) is 0 Å². The lowest BCUT2D eigenvalue weighted by Crippen LogP contribution is -2.03. The molecule has 0 saturated heterocycles. The SMILES string of the molecule is CC(O)CO.N.N.O=P(O)(O)O. The van der Waals surface area contributed by atoms with Gasteiger partial charge in [-0.25, -0.2) is 4.57 Å². The fourth-order valence-corrected chi connectivity index (χ4v) is 0. The Labute approximate surface area is 70.3 Å². The summed E-state index contributed by atoms with van der Waals surface area (Å²) in [5, 5.41) is 16.0. The van der Waals surface area contributed by atoms with Crippen molar-refractivity contribution in [2.45, 2.75) is 13.0 Å². The number of aliphatic hydroxyl groups excluding tert-OH is 2. The van der Waals surface area contributed by atoms with Crippen molar-refractivity contribution in [3.05, 3.63) is 0 Å². The summed E-state index contributed by atoms with van der Waals surface area (Å²) in [6.45, 7) is 1.39.